The molecule has 0 aromatic heterocycles. The van der Waals surface area contributed by atoms with Crippen molar-refractivity contribution in [2.24, 2.45) is 0 Å². The van der Waals surface area contributed by atoms with Gasteiger partial charge in [0, 0.05) is 29.5 Å². The molecule has 13 heteroatoms. The van der Waals surface area contributed by atoms with Crippen LogP contribution in [0.5, 0.6) is 0 Å². The summed E-state index contributed by atoms with van der Waals surface area (Å²) in [6.07, 6.45) is 2.84. The van der Waals surface area contributed by atoms with Crippen molar-refractivity contribution < 1.29 is 32.8 Å². The summed E-state index contributed by atoms with van der Waals surface area (Å²) in [6, 6.07) is 16.1. The van der Waals surface area contributed by atoms with Crippen LogP contribution in [0.25, 0.3) is 6.08 Å². The highest BCUT2D eigenvalue weighted by Crippen LogP contribution is 2.59. The van der Waals surface area contributed by atoms with Crippen molar-refractivity contribution in [2.75, 3.05) is 29.2 Å². The van der Waals surface area contributed by atoms with E-state index in [2.05, 4.69) is 16.0 Å². The van der Waals surface area contributed by atoms with Crippen LogP contribution in [0.4, 0.5) is 27.1 Å². The second-order valence-electron chi connectivity index (χ2n) is 8.75. The number of nitrogens with zero attached hydrogens (tertiary/aromatic N) is 1. The van der Waals surface area contributed by atoms with E-state index in [0.717, 1.165) is 0 Å². The molecule has 2 unspecified atom stereocenters. The lowest BCUT2D eigenvalue weighted by Gasteiger charge is -2.38. The SMILES string of the molecule is CCOP(=O)(OCC)C(O)C1(c2ccc(NC(=O)/C=C/c3ccc(F)cc3)cc2)Nc2ccc([N+](=O)[O-])cc2N1. The molecular formula is C27H28FN4O7P. The average molecular weight is 571 g/mol. The molecule has 40 heavy (non-hydrogen) atoms. The monoisotopic (exact) mass is 570 g/mol. The maximum Gasteiger partial charge on any atom is 0.363 e. The summed E-state index contributed by atoms with van der Waals surface area (Å²) >= 11 is 0. The fourth-order valence-corrected chi connectivity index (χ4v) is 6.09. The van der Waals surface area contributed by atoms with Gasteiger partial charge in [-0.1, -0.05) is 24.3 Å². The van der Waals surface area contributed by atoms with E-state index in [1.807, 2.05) is 0 Å². The summed E-state index contributed by atoms with van der Waals surface area (Å²) < 4.78 is 37.6. The third-order valence-electron chi connectivity index (χ3n) is 6.09. The highest BCUT2D eigenvalue weighted by molar-refractivity contribution is 7.54. The van der Waals surface area contributed by atoms with E-state index in [-0.39, 0.29) is 24.7 Å². The largest absolute Gasteiger partial charge is 0.377 e. The Morgan fingerprint density at radius 2 is 1.70 bits per heavy atom. The molecule has 0 fully saturated rings. The zero-order valence-electron chi connectivity index (χ0n) is 21.7. The first kappa shape index (κ1) is 28.9. The standard InChI is InChI=1S/C27H28FN4O7P/c1-3-38-40(37,39-4-2)26(34)27(30-23-15-14-22(32(35)36)17-24(23)31-27)19-8-12-21(13-9-19)29-25(33)16-7-18-5-10-20(28)11-6-18/h5-17,26,30-31,34H,3-4H2,1-2H3,(H,29,33)/b16-7+. The minimum Gasteiger partial charge on any atom is -0.377 e. The number of aliphatic hydroxyl groups is 1. The number of hydrogen-bond acceptors (Lipinski definition) is 9. The van der Waals surface area contributed by atoms with E-state index in [9.17, 15) is 29.0 Å². The Bertz CT molecular complexity index is 1460. The number of fused-ring (bicyclic) bond motifs is 1. The number of benzene rings is 3. The zero-order valence-corrected chi connectivity index (χ0v) is 22.6. The predicted molar refractivity (Wildman–Crippen MR) is 149 cm³/mol. The number of rotatable bonds is 11. The van der Waals surface area contributed by atoms with Crippen molar-refractivity contribution in [3.63, 3.8) is 0 Å². The van der Waals surface area contributed by atoms with Crippen molar-refractivity contribution in [1.29, 1.82) is 0 Å². The highest BCUT2D eigenvalue weighted by atomic mass is 31.2. The number of aliphatic hydroxyl groups excluding tert-OH is 1. The Morgan fingerprint density at radius 3 is 2.30 bits per heavy atom. The average Bonchev–Trinajstić information content (AvgIpc) is 3.33. The van der Waals surface area contributed by atoms with Crippen molar-refractivity contribution in [1.82, 2.24) is 0 Å². The number of carbonyl (C=O) groups is 1. The molecule has 1 heterocycles. The molecule has 4 rings (SSSR count). The fraction of sp³-hybridized carbons (Fsp3) is 0.222. The third-order valence-corrected chi connectivity index (χ3v) is 8.31. The first-order chi connectivity index (χ1) is 19.1. The Kier molecular flexibility index (Phi) is 8.65. The van der Waals surface area contributed by atoms with Crippen molar-refractivity contribution in [3.05, 3.63) is 99.9 Å². The van der Waals surface area contributed by atoms with Crippen LogP contribution in [0.3, 0.4) is 0 Å². The molecule has 210 valence electrons. The zero-order chi connectivity index (χ0) is 28.9. The number of nitro benzene ring substituents is 1. The molecule has 1 aliphatic rings. The van der Waals surface area contributed by atoms with Gasteiger partial charge in [0.15, 0.2) is 5.66 Å². The second-order valence-corrected chi connectivity index (χ2v) is 10.8. The second kappa shape index (κ2) is 12.0. The number of nitrogens with one attached hydrogen (secondary N) is 3. The number of amides is 1. The number of hydrogen-bond donors (Lipinski definition) is 4. The lowest BCUT2D eigenvalue weighted by Crippen LogP contribution is -2.50. The summed E-state index contributed by atoms with van der Waals surface area (Å²) in [6.45, 7) is 3.22. The van der Waals surface area contributed by atoms with Crippen LogP contribution in [0.15, 0.2) is 72.8 Å². The summed E-state index contributed by atoms with van der Waals surface area (Å²) in [7, 11) is -4.13. The molecule has 0 saturated carbocycles. The maximum absolute atomic E-state index is 13.7. The number of carbonyl (C=O) groups excluding carboxylic acids is 1. The number of non-ortho nitro benzene ring substituents is 1. The van der Waals surface area contributed by atoms with Crippen LogP contribution >= 0.6 is 7.60 Å². The van der Waals surface area contributed by atoms with Gasteiger partial charge in [-0.2, -0.15) is 0 Å². The first-order valence-electron chi connectivity index (χ1n) is 12.4. The van der Waals surface area contributed by atoms with Gasteiger partial charge >= 0.3 is 7.60 Å². The molecule has 1 amide bonds. The Hall–Kier alpha value is -4.09. The van der Waals surface area contributed by atoms with Gasteiger partial charge in [-0.15, -0.1) is 0 Å². The minimum absolute atomic E-state index is 0.000747. The summed E-state index contributed by atoms with van der Waals surface area (Å²) in [5, 5.41) is 31.7. The molecule has 0 saturated heterocycles. The molecule has 1 aliphatic heterocycles. The van der Waals surface area contributed by atoms with Crippen LogP contribution in [-0.2, 0) is 24.1 Å². The number of halogens is 1. The molecule has 0 spiro atoms. The van der Waals surface area contributed by atoms with E-state index >= 15 is 0 Å². The highest BCUT2D eigenvalue weighted by Gasteiger charge is 2.54. The Balaban J connectivity index is 1.63. The van der Waals surface area contributed by atoms with Gasteiger partial charge in [0.05, 0.1) is 29.5 Å². The summed E-state index contributed by atoms with van der Waals surface area (Å²) in [4.78, 5) is 23.2. The lowest BCUT2D eigenvalue weighted by molar-refractivity contribution is -0.384. The molecule has 0 bridgehead atoms. The van der Waals surface area contributed by atoms with Gasteiger partial charge in [0.2, 0.25) is 11.8 Å². The lowest BCUT2D eigenvalue weighted by atomic mass is 10.00. The van der Waals surface area contributed by atoms with Gasteiger partial charge in [-0.3, -0.25) is 19.5 Å². The Labute approximate surface area is 229 Å². The van der Waals surface area contributed by atoms with Crippen LogP contribution in [0.2, 0.25) is 0 Å². The topological polar surface area (TPSA) is 152 Å². The van der Waals surface area contributed by atoms with Crippen molar-refractivity contribution in [3.8, 4) is 0 Å². The van der Waals surface area contributed by atoms with E-state index in [0.29, 0.717) is 28.2 Å². The van der Waals surface area contributed by atoms with E-state index < -0.39 is 29.9 Å². The molecule has 4 N–H and O–H groups in total. The Morgan fingerprint density at radius 1 is 1.07 bits per heavy atom. The molecule has 2 atom stereocenters. The first-order valence-corrected chi connectivity index (χ1v) is 14.0. The maximum atomic E-state index is 13.7. The molecule has 11 nitrogen and oxygen atoms in total. The van der Waals surface area contributed by atoms with E-state index in [1.165, 1.54) is 54.6 Å². The predicted octanol–water partition coefficient (Wildman–Crippen LogP) is 5.66. The van der Waals surface area contributed by atoms with Gasteiger partial charge in [-0.05, 0) is 55.8 Å². The van der Waals surface area contributed by atoms with Gasteiger partial charge in [-0.25, -0.2) is 4.39 Å². The molecule has 3 aromatic carbocycles. The summed E-state index contributed by atoms with van der Waals surface area (Å²) in [5.74, 6) is -2.60. The number of nitro groups is 1. The van der Waals surface area contributed by atoms with E-state index in [1.54, 1.807) is 38.1 Å². The van der Waals surface area contributed by atoms with Crippen LogP contribution in [-0.4, -0.2) is 35.0 Å². The van der Waals surface area contributed by atoms with Crippen molar-refractivity contribution >= 4 is 42.3 Å². The van der Waals surface area contributed by atoms with E-state index in [4.69, 9.17) is 9.05 Å². The van der Waals surface area contributed by atoms with Crippen LogP contribution in [0, 0.1) is 15.9 Å². The minimum atomic E-state index is -4.13. The van der Waals surface area contributed by atoms with Crippen molar-refractivity contribution in [2.45, 2.75) is 25.4 Å². The molecule has 0 radical (unpaired) electrons. The fourth-order valence-electron chi connectivity index (χ4n) is 4.26. The van der Waals surface area contributed by atoms with Crippen LogP contribution in [0.1, 0.15) is 25.0 Å². The van der Waals surface area contributed by atoms with Crippen LogP contribution < -0.4 is 16.0 Å². The normalized spacial score (nSPS) is 17.1. The smallest absolute Gasteiger partial charge is 0.363 e. The summed E-state index contributed by atoms with van der Waals surface area (Å²) in [5.41, 5.74) is 0.340. The van der Waals surface area contributed by atoms with Gasteiger partial charge in [0.25, 0.3) is 5.69 Å². The quantitative estimate of drug-likeness (QED) is 0.0990. The number of anilines is 3. The molecule has 0 aliphatic carbocycles. The van der Waals surface area contributed by atoms with Gasteiger partial charge < -0.3 is 30.1 Å². The third kappa shape index (κ3) is 6.05. The molecular weight excluding hydrogens is 542 g/mol. The molecule has 3 aromatic rings. The van der Waals surface area contributed by atoms with Gasteiger partial charge in [0.1, 0.15) is 5.82 Å².